The molecule has 2 aromatic carbocycles. The number of aliphatic hydroxyl groups is 2. The summed E-state index contributed by atoms with van der Waals surface area (Å²) in [5, 5.41) is 20.0. The van der Waals surface area contributed by atoms with Gasteiger partial charge in [-0.15, -0.1) is 0 Å². The Kier molecular flexibility index (Phi) is 7.77. The molecule has 9 heteroatoms. The Bertz CT molecular complexity index is 1030. The number of halogens is 1. The van der Waals surface area contributed by atoms with E-state index in [1.165, 1.54) is 14.2 Å². The summed E-state index contributed by atoms with van der Waals surface area (Å²) < 4.78 is 22.5. The van der Waals surface area contributed by atoms with Crippen LogP contribution in [-0.4, -0.2) is 62.1 Å². The third-order valence-corrected chi connectivity index (χ3v) is 6.61. The van der Waals surface area contributed by atoms with E-state index < -0.39 is 0 Å². The van der Waals surface area contributed by atoms with Gasteiger partial charge in [0.25, 0.3) is 0 Å². The number of quaternary nitrogens is 1. The normalized spacial score (nSPS) is 17.7. The van der Waals surface area contributed by atoms with Crippen molar-refractivity contribution in [2.24, 2.45) is 0 Å². The van der Waals surface area contributed by atoms with Gasteiger partial charge in [0.1, 0.15) is 6.04 Å². The van der Waals surface area contributed by atoms with Crippen LogP contribution in [0.1, 0.15) is 45.1 Å². The van der Waals surface area contributed by atoms with Crippen LogP contribution < -0.4 is 42.9 Å². The van der Waals surface area contributed by atoms with Crippen molar-refractivity contribution in [3.8, 4) is 23.0 Å². The Morgan fingerprint density at radius 1 is 1.12 bits per heavy atom. The van der Waals surface area contributed by atoms with Crippen LogP contribution in [0.4, 0.5) is 0 Å². The molecule has 0 amide bonds. The second kappa shape index (κ2) is 10.0. The summed E-state index contributed by atoms with van der Waals surface area (Å²) in [6.07, 6.45) is 1.05. The molecule has 0 fully saturated rings. The maximum atomic E-state index is 13.5. The minimum atomic E-state index is -0.271. The second-order valence-electron chi connectivity index (χ2n) is 8.74. The van der Waals surface area contributed by atoms with Crippen molar-refractivity contribution in [3.05, 3.63) is 46.0 Å². The highest BCUT2D eigenvalue weighted by molar-refractivity contribution is 5.97. The van der Waals surface area contributed by atoms with E-state index in [1.807, 2.05) is 6.07 Å². The molecule has 0 spiro atoms. The summed E-state index contributed by atoms with van der Waals surface area (Å²) in [7, 11) is 7.19. The van der Waals surface area contributed by atoms with Crippen LogP contribution in [0.5, 0.6) is 23.0 Å². The van der Waals surface area contributed by atoms with Crippen molar-refractivity contribution < 1.29 is 62.4 Å². The first-order chi connectivity index (χ1) is 15.3. The highest BCUT2D eigenvalue weighted by Gasteiger charge is 2.41. The molecule has 1 atom stereocenters. The molecule has 1 unspecified atom stereocenters. The van der Waals surface area contributed by atoms with Crippen LogP contribution in [0, 0.1) is 0 Å². The first-order valence-corrected chi connectivity index (χ1v) is 10.6. The predicted octanol–water partition coefficient (Wildman–Crippen LogP) is -0.632. The average molecular weight is 571 g/mol. The van der Waals surface area contributed by atoms with Gasteiger partial charge in [-0.3, -0.25) is 4.79 Å². The fourth-order valence-corrected chi connectivity index (χ4v) is 4.84. The summed E-state index contributed by atoms with van der Waals surface area (Å²) in [5.74, 6) is 1.96. The maximum Gasteiger partial charge on any atom is 0.231 e. The number of ketones is 1. The molecule has 0 saturated heterocycles. The number of hydrogen-bond acceptors (Lipinski definition) is 7. The molecule has 2 heterocycles. The number of methoxy groups -OCH3 is 2. The molecular formula is C24H30INO7. The van der Waals surface area contributed by atoms with Gasteiger partial charge >= 0.3 is 0 Å². The molecular weight excluding hydrogens is 541 g/mol. The van der Waals surface area contributed by atoms with Crippen LogP contribution in [0.2, 0.25) is 0 Å². The van der Waals surface area contributed by atoms with E-state index in [1.54, 1.807) is 12.1 Å². The monoisotopic (exact) mass is 571 g/mol. The van der Waals surface area contributed by atoms with Gasteiger partial charge in [-0.1, -0.05) is 0 Å². The second-order valence-corrected chi connectivity index (χ2v) is 8.74. The summed E-state index contributed by atoms with van der Waals surface area (Å²) in [4.78, 5) is 13.5. The number of aliphatic hydroxyl groups excluding tert-OH is 2. The predicted molar refractivity (Wildman–Crippen MR) is 116 cm³/mol. The van der Waals surface area contributed by atoms with Gasteiger partial charge in [-0.25, -0.2) is 0 Å². The summed E-state index contributed by atoms with van der Waals surface area (Å²) >= 11 is 0. The van der Waals surface area contributed by atoms with E-state index in [2.05, 4.69) is 14.1 Å². The Morgan fingerprint density at radius 2 is 1.88 bits per heavy atom. The number of benzene rings is 2. The van der Waals surface area contributed by atoms with Gasteiger partial charge in [-0.05, 0) is 23.8 Å². The number of hydrogen-bond donors (Lipinski definition) is 2. The molecule has 0 aromatic heterocycles. The number of rotatable bonds is 7. The Balaban J connectivity index is 0.00000306. The number of likely N-dealkylation sites (N-methyl/N-ethyl adjacent to an activating group) is 1. The lowest BCUT2D eigenvalue weighted by Gasteiger charge is -2.43. The third kappa shape index (κ3) is 4.51. The first-order valence-electron chi connectivity index (χ1n) is 10.6. The van der Waals surface area contributed by atoms with Crippen molar-refractivity contribution in [2.75, 3.05) is 41.7 Å². The molecule has 0 saturated carbocycles. The number of carbonyl (C=O) groups excluding carboxylic acids is 1. The lowest BCUT2D eigenvalue weighted by atomic mass is 9.83. The molecule has 180 valence electrons. The number of ether oxygens (including phenoxy) is 4. The van der Waals surface area contributed by atoms with Crippen molar-refractivity contribution in [1.29, 1.82) is 0 Å². The van der Waals surface area contributed by atoms with Crippen LogP contribution in [0.25, 0.3) is 0 Å². The van der Waals surface area contributed by atoms with E-state index in [9.17, 15) is 15.0 Å². The molecule has 8 nitrogen and oxygen atoms in total. The van der Waals surface area contributed by atoms with Crippen LogP contribution in [0.3, 0.4) is 0 Å². The number of fused-ring (bicyclic) bond motifs is 2. The zero-order valence-electron chi connectivity index (χ0n) is 19.3. The fraction of sp³-hybridized carbons (Fsp3) is 0.458. The van der Waals surface area contributed by atoms with Gasteiger partial charge in [0.15, 0.2) is 28.8 Å². The maximum absolute atomic E-state index is 13.5. The van der Waals surface area contributed by atoms with Crippen molar-refractivity contribution in [3.63, 3.8) is 0 Å². The molecule has 0 bridgehead atoms. The van der Waals surface area contributed by atoms with Crippen molar-refractivity contribution in [2.45, 2.75) is 32.1 Å². The first kappa shape index (κ1) is 25.5. The van der Waals surface area contributed by atoms with Gasteiger partial charge < -0.3 is 57.6 Å². The van der Waals surface area contributed by atoms with E-state index >= 15 is 0 Å². The number of Topliss-reactive ketones (excluding diaryl/α,β-unsaturated/α-hetero) is 1. The minimum Gasteiger partial charge on any atom is -1.00 e. The molecule has 0 aliphatic carbocycles. The smallest absolute Gasteiger partial charge is 0.231 e. The molecule has 2 aromatic rings. The quantitative estimate of drug-likeness (QED) is 0.260. The molecule has 4 rings (SSSR count). The zero-order chi connectivity index (χ0) is 23.0. The largest absolute Gasteiger partial charge is 1.00 e. The summed E-state index contributed by atoms with van der Waals surface area (Å²) in [5.41, 5.74) is 3.68. The van der Waals surface area contributed by atoms with Crippen LogP contribution >= 0.6 is 0 Å². The third-order valence-electron chi connectivity index (χ3n) is 6.61. The van der Waals surface area contributed by atoms with E-state index in [4.69, 9.17) is 18.9 Å². The highest BCUT2D eigenvalue weighted by atomic mass is 127. The highest BCUT2D eigenvalue weighted by Crippen LogP contribution is 2.47. The zero-order valence-corrected chi connectivity index (χ0v) is 21.5. The van der Waals surface area contributed by atoms with Crippen molar-refractivity contribution in [1.82, 2.24) is 0 Å². The van der Waals surface area contributed by atoms with Gasteiger partial charge in [-0.2, -0.15) is 0 Å². The van der Waals surface area contributed by atoms with Gasteiger partial charge in [0, 0.05) is 28.7 Å². The number of carbonyl (C=O) groups is 1. The molecule has 2 aliphatic rings. The molecule has 2 aliphatic heterocycles. The van der Waals surface area contributed by atoms with Gasteiger partial charge in [0.2, 0.25) is 6.79 Å². The minimum absolute atomic E-state index is 0. The van der Waals surface area contributed by atoms with E-state index in [0.717, 1.165) is 24.1 Å². The molecule has 33 heavy (non-hydrogen) atoms. The van der Waals surface area contributed by atoms with Crippen molar-refractivity contribution >= 4 is 5.78 Å². The molecule has 2 N–H and O–H groups in total. The summed E-state index contributed by atoms with van der Waals surface area (Å²) in [6.45, 7) is 0.517. The standard InChI is InChI=1S/C24H30NO7.HI/c1-25(2)6-5-14-8-21-24(32-13-31-21)17(12-27)22(14)18(25)10-19(28)15-7-16(11-26)23(30-4)20(9-15)29-3;/h7-9,18,26-27H,5-6,10-13H2,1-4H3;1H/q+1;/p-1. The van der Waals surface area contributed by atoms with Gasteiger partial charge in [0.05, 0.1) is 54.5 Å². The Hall–Kier alpha value is -2.08. The number of nitrogens with zero attached hydrogens (tertiary/aromatic N) is 1. The SMILES string of the molecule is COc1cc(C(=O)CC2c3c(cc4c(c3CO)OCO4)CC[N+]2(C)C)cc(CO)c1OC.[I-]. The van der Waals surface area contributed by atoms with Crippen LogP contribution in [0.15, 0.2) is 18.2 Å². The lowest BCUT2D eigenvalue weighted by molar-refractivity contribution is -0.922. The topological polar surface area (TPSA) is 94.5 Å². The summed E-state index contributed by atoms with van der Waals surface area (Å²) in [6, 6.07) is 5.11. The van der Waals surface area contributed by atoms with E-state index in [0.29, 0.717) is 44.2 Å². The van der Waals surface area contributed by atoms with Crippen LogP contribution in [-0.2, 0) is 19.6 Å². The Labute approximate surface area is 210 Å². The van der Waals surface area contributed by atoms with E-state index in [-0.39, 0.29) is 62.2 Å². The Morgan fingerprint density at radius 3 is 2.52 bits per heavy atom. The lowest BCUT2D eigenvalue weighted by Crippen LogP contribution is -3.00. The molecule has 0 radical (unpaired) electrons. The fourth-order valence-electron chi connectivity index (χ4n) is 4.84. The average Bonchev–Trinajstić information content (AvgIpc) is 3.26.